The molecule has 0 spiro atoms. The second-order valence-corrected chi connectivity index (χ2v) is 12.6. The number of thiazole rings is 1. The number of likely N-dealkylation sites (tertiary alicyclic amines) is 1. The number of amides is 2. The number of piperidine rings is 1. The van der Waals surface area contributed by atoms with Crippen LogP contribution in [0.1, 0.15) is 36.2 Å². The standard InChI is InChI=1S/C25H28ClN4O4S2/c1-27-25-28-10-11-29(24(32)22(28)17-35-25)30(12-3-2-4-13-30)23(31)9-14-36(33,34)21-8-6-18-15-20(26)7-5-19(18)16-21/h5-8,15-17H,2-4,9-14H2,1H3/q+1/b27-25-. The molecule has 1 aromatic heterocycles. The maximum Gasteiger partial charge on any atom is 0.339 e. The van der Waals surface area contributed by atoms with Crippen molar-refractivity contribution in [3.63, 3.8) is 0 Å². The number of carbonyl (C=O) groups is 2. The summed E-state index contributed by atoms with van der Waals surface area (Å²) >= 11 is 7.45. The summed E-state index contributed by atoms with van der Waals surface area (Å²) in [6, 6.07) is 10.2. The first-order valence-electron chi connectivity index (χ1n) is 12.0. The topological polar surface area (TPSA) is 88.8 Å². The lowest BCUT2D eigenvalue weighted by Crippen LogP contribution is -2.69. The van der Waals surface area contributed by atoms with Crippen molar-refractivity contribution in [3.8, 4) is 0 Å². The smallest absolute Gasteiger partial charge is 0.311 e. The van der Waals surface area contributed by atoms with Crippen LogP contribution in [0.3, 0.4) is 0 Å². The normalized spacial score (nSPS) is 18.4. The van der Waals surface area contributed by atoms with Gasteiger partial charge in [0.1, 0.15) is 18.8 Å². The van der Waals surface area contributed by atoms with Gasteiger partial charge in [0.15, 0.2) is 14.6 Å². The van der Waals surface area contributed by atoms with Crippen molar-refractivity contribution < 1.29 is 22.6 Å². The molecule has 0 bridgehead atoms. The summed E-state index contributed by atoms with van der Waals surface area (Å²) in [7, 11) is -2.00. The number of hydrogen-bond acceptors (Lipinski definition) is 6. The summed E-state index contributed by atoms with van der Waals surface area (Å²) in [5.41, 5.74) is 0.534. The minimum atomic E-state index is -3.70. The van der Waals surface area contributed by atoms with Crippen molar-refractivity contribution in [2.45, 2.75) is 37.1 Å². The molecule has 0 aliphatic carbocycles. The number of rotatable bonds is 5. The Morgan fingerprint density at radius 2 is 1.81 bits per heavy atom. The first-order chi connectivity index (χ1) is 17.2. The Kier molecular flexibility index (Phi) is 6.80. The predicted octanol–water partition coefficient (Wildman–Crippen LogP) is 3.65. The number of fused-ring (bicyclic) bond motifs is 2. The van der Waals surface area contributed by atoms with E-state index in [9.17, 15) is 18.0 Å². The average Bonchev–Trinajstić information content (AvgIpc) is 3.31. The van der Waals surface area contributed by atoms with Crippen LogP contribution in [0.2, 0.25) is 5.02 Å². The number of aromatic nitrogens is 1. The molecule has 0 radical (unpaired) electrons. The quantitative estimate of drug-likeness (QED) is 0.456. The number of benzene rings is 2. The zero-order valence-corrected chi connectivity index (χ0v) is 22.4. The van der Waals surface area contributed by atoms with Gasteiger partial charge in [-0.05, 0) is 54.3 Å². The number of quaternary nitrogens is 1. The largest absolute Gasteiger partial charge is 0.339 e. The van der Waals surface area contributed by atoms with Gasteiger partial charge < -0.3 is 4.57 Å². The molecule has 0 N–H and O–H groups in total. The van der Waals surface area contributed by atoms with E-state index < -0.39 is 9.84 Å². The molecule has 190 valence electrons. The fourth-order valence-corrected chi connectivity index (χ4v) is 7.59. The molecule has 5 rings (SSSR count). The molecule has 2 aliphatic heterocycles. The van der Waals surface area contributed by atoms with E-state index in [0.717, 1.165) is 34.8 Å². The Balaban J connectivity index is 1.39. The molecule has 11 heteroatoms. The van der Waals surface area contributed by atoms with Crippen LogP contribution in [-0.2, 0) is 21.2 Å². The van der Waals surface area contributed by atoms with Crippen LogP contribution in [0, 0.1) is 0 Å². The van der Waals surface area contributed by atoms with Crippen molar-refractivity contribution >= 4 is 55.4 Å². The van der Waals surface area contributed by atoms with Gasteiger partial charge in [-0.2, -0.15) is 9.60 Å². The molecule has 0 atom stereocenters. The summed E-state index contributed by atoms with van der Waals surface area (Å²) < 4.78 is 28.2. The van der Waals surface area contributed by atoms with Crippen LogP contribution >= 0.6 is 22.9 Å². The van der Waals surface area contributed by atoms with Crippen molar-refractivity contribution in [3.05, 3.63) is 57.3 Å². The highest BCUT2D eigenvalue weighted by atomic mass is 35.5. The van der Waals surface area contributed by atoms with E-state index >= 15 is 0 Å². The SMILES string of the molecule is C/N=c1\scc2n1CCN([N+]1(C(=O)CCS(=O)(=O)c3ccc4cc(Cl)ccc4c3)CCCCC1)C2=O. The molecular weight excluding hydrogens is 520 g/mol. The fourth-order valence-electron chi connectivity index (χ4n) is 5.28. The van der Waals surface area contributed by atoms with E-state index in [0.29, 0.717) is 36.9 Å². The highest BCUT2D eigenvalue weighted by Crippen LogP contribution is 2.29. The van der Waals surface area contributed by atoms with Crippen molar-refractivity contribution in [1.29, 1.82) is 0 Å². The van der Waals surface area contributed by atoms with E-state index in [2.05, 4.69) is 4.99 Å². The summed E-state index contributed by atoms with van der Waals surface area (Å²) in [5.74, 6) is -0.716. The minimum absolute atomic E-state index is 0.0982. The number of hydrogen-bond donors (Lipinski definition) is 0. The van der Waals surface area contributed by atoms with Gasteiger partial charge in [-0.25, -0.2) is 13.2 Å². The Labute approximate surface area is 218 Å². The second-order valence-electron chi connectivity index (χ2n) is 9.25. The molecule has 2 aromatic carbocycles. The molecule has 1 fully saturated rings. The predicted molar refractivity (Wildman–Crippen MR) is 139 cm³/mol. The molecule has 0 saturated carbocycles. The summed E-state index contributed by atoms with van der Waals surface area (Å²) in [6.45, 7) is 1.97. The third-order valence-corrected chi connectivity index (χ3v) is 10.1. The summed E-state index contributed by atoms with van der Waals surface area (Å²) in [6.07, 6.45) is 2.47. The van der Waals surface area contributed by atoms with Crippen LogP contribution in [0.25, 0.3) is 10.8 Å². The van der Waals surface area contributed by atoms with Crippen molar-refractivity contribution in [2.75, 3.05) is 32.4 Å². The van der Waals surface area contributed by atoms with Gasteiger partial charge in [-0.15, -0.1) is 11.3 Å². The molecular formula is C25H28ClN4O4S2+. The molecule has 1 saturated heterocycles. The van der Waals surface area contributed by atoms with Gasteiger partial charge in [-0.3, -0.25) is 9.79 Å². The van der Waals surface area contributed by atoms with E-state index in [4.69, 9.17) is 11.6 Å². The summed E-state index contributed by atoms with van der Waals surface area (Å²) in [5, 5.41) is 5.66. The van der Waals surface area contributed by atoms with Gasteiger partial charge in [0.25, 0.3) is 0 Å². The van der Waals surface area contributed by atoms with Crippen LogP contribution < -0.4 is 4.80 Å². The first-order valence-corrected chi connectivity index (χ1v) is 14.9. The van der Waals surface area contributed by atoms with Gasteiger partial charge in [0.05, 0.1) is 23.6 Å². The van der Waals surface area contributed by atoms with Crippen molar-refractivity contribution in [1.82, 2.24) is 9.58 Å². The minimum Gasteiger partial charge on any atom is -0.311 e. The van der Waals surface area contributed by atoms with E-state index in [1.54, 1.807) is 53.8 Å². The lowest BCUT2D eigenvalue weighted by atomic mass is 10.1. The maximum atomic E-state index is 13.7. The maximum absolute atomic E-state index is 13.7. The molecule has 0 unspecified atom stereocenters. The van der Waals surface area contributed by atoms with E-state index in [-0.39, 0.29) is 33.5 Å². The first kappa shape index (κ1) is 25.1. The second kappa shape index (κ2) is 9.74. The average molecular weight is 548 g/mol. The van der Waals surface area contributed by atoms with Crippen LogP contribution in [0.4, 0.5) is 0 Å². The third kappa shape index (κ3) is 4.40. The van der Waals surface area contributed by atoms with Gasteiger partial charge in [-0.1, -0.05) is 23.7 Å². The van der Waals surface area contributed by atoms with Gasteiger partial charge in [0.2, 0.25) is 0 Å². The van der Waals surface area contributed by atoms with Crippen molar-refractivity contribution in [2.24, 2.45) is 4.99 Å². The Morgan fingerprint density at radius 3 is 2.56 bits per heavy atom. The highest BCUT2D eigenvalue weighted by molar-refractivity contribution is 7.91. The third-order valence-electron chi connectivity index (χ3n) is 7.18. The number of sulfone groups is 1. The lowest BCUT2D eigenvalue weighted by Gasteiger charge is -2.46. The molecule has 2 amide bonds. The van der Waals surface area contributed by atoms with E-state index in [1.807, 2.05) is 4.57 Å². The number of carbonyl (C=O) groups excluding carboxylic acids is 2. The highest BCUT2D eigenvalue weighted by Gasteiger charge is 2.49. The molecule has 8 nitrogen and oxygen atoms in total. The summed E-state index contributed by atoms with van der Waals surface area (Å²) in [4.78, 5) is 32.4. The molecule has 36 heavy (non-hydrogen) atoms. The Bertz CT molecular complexity index is 1520. The van der Waals surface area contributed by atoms with Crippen LogP contribution in [-0.4, -0.2) is 66.8 Å². The zero-order valence-electron chi connectivity index (χ0n) is 20.0. The van der Waals surface area contributed by atoms with Crippen LogP contribution in [0.5, 0.6) is 0 Å². The molecule has 2 aliphatic rings. The van der Waals surface area contributed by atoms with Crippen LogP contribution in [0.15, 0.2) is 51.7 Å². The monoisotopic (exact) mass is 547 g/mol. The number of halogens is 1. The van der Waals surface area contributed by atoms with Gasteiger partial charge >= 0.3 is 11.8 Å². The molecule has 3 heterocycles. The molecule has 3 aromatic rings. The zero-order chi connectivity index (χ0) is 25.5. The lowest BCUT2D eigenvalue weighted by molar-refractivity contribution is -0.960. The van der Waals surface area contributed by atoms with Gasteiger partial charge in [0, 0.05) is 24.0 Å². The Morgan fingerprint density at radius 1 is 1.08 bits per heavy atom. The fraction of sp³-hybridized carbons (Fsp3) is 0.400. The number of nitrogens with zero attached hydrogens (tertiary/aromatic N) is 4. The Hall–Kier alpha value is -2.53. The van der Waals surface area contributed by atoms with E-state index in [1.165, 1.54) is 11.3 Å².